The van der Waals surface area contributed by atoms with Crippen molar-refractivity contribution in [3.63, 3.8) is 0 Å². The number of hydrogen-bond donors (Lipinski definition) is 1. The van der Waals surface area contributed by atoms with Crippen molar-refractivity contribution in [1.29, 1.82) is 0 Å². The number of thioether (sulfide) groups is 1. The lowest BCUT2D eigenvalue weighted by atomic mass is 10.1. The summed E-state index contributed by atoms with van der Waals surface area (Å²) in [6, 6.07) is 13.1. The maximum absolute atomic E-state index is 12.3. The molecule has 0 saturated carbocycles. The lowest BCUT2D eigenvalue weighted by Gasteiger charge is -2.19. The van der Waals surface area contributed by atoms with Crippen LogP contribution in [0.1, 0.15) is 26.3 Å². The standard InChI is InChI=1S/C20H16N2O5S/c1-22(15-6-4-3-5-14(15)18(24)25)20-21-17(23)16(28-20)11-12-7-9-13(10-8-12)19(26)27-2/h3-11H,1-2H3,(H,24,25)/b16-11-. The number of rotatable bonds is 4. The number of aromatic carboxylic acids is 1. The van der Waals surface area contributed by atoms with E-state index in [0.717, 1.165) is 17.3 Å². The highest BCUT2D eigenvalue weighted by Crippen LogP contribution is 2.32. The fourth-order valence-corrected chi connectivity index (χ4v) is 3.46. The number of hydrogen-bond acceptors (Lipinski definition) is 6. The minimum atomic E-state index is -1.06. The molecule has 0 unspecified atom stereocenters. The maximum Gasteiger partial charge on any atom is 0.337 e. The van der Waals surface area contributed by atoms with Crippen molar-refractivity contribution >= 4 is 46.5 Å². The monoisotopic (exact) mass is 396 g/mol. The van der Waals surface area contributed by atoms with Gasteiger partial charge < -0.3 is 14.7 Å². The second kappa shape index (κ2) is 8.10. The van der Waals surface area contributed by atoms with E-state index in [0.29, 0.717) is 21.3 Å². The number of benzene rings is 2. The van der Waals surface area contributed by atoms with Crippen molar-refractivity contribution < 1.29 is 24.2 Å². The SMILES string of the molecule is COC(=O)c1ccc(/C=C2\SC(N(C)c3ccccc3C(=O)O)=NC2=O)cc1. The summed E-state index contributed by atoms with van der Waals surface area (Å²) in [6.07, 6.45) is 1.67. The van der Waals surface area contributed by atoms with E-state index >= 15 is 0 Å². The van der Waals surface area contributed by atoms with E-state index in [1.165, 1.54) is 13.2 Å². The minimum absolute atomic E-state index is 0.122. The van der Waals surface area contributed by atoms with Gasteiger partial charge in [0.25, 0.3) is 5.91 Å². The fourth-order valence-electron chi connectivity index (χ4n) is 2.58. The summed E-state index contributed by atoms with van der Waals surface area (Å²) in [5.74, 6) is -1.90. The van der Waals surface area contributed by atoms with Crippen LogP contribution in [0.25, 0.3) is 6.08 Å². The first-order valence-corrected chi connectivity index (χ1v) is 8.99. The summed E-state index contributed by atoms with van der Waals surface area (Å²) in [4.78, 5) is 41.2. The maximum atomic E-state index is 12.3. The molecule has 1 amide bonds. The number of amides is 1. The van der Waals surface area contributed by atoms with Crippen LogP contribution in [0.2, 0.25) is 0 Å². The molecule has 28 heavy (non-hydrogen) atoms. The second-order valence-electron chi connectivity index (χ2n) is 5.81. The molecule has 0 atom stereocenters. The number of anilines is 1. The second-order valence-corrected chi connectivity index (χ2v) is 6.81. The van der Waals surface area contributed by atoms with Gasteiger partial charge in [-0.25, -0.2) is 9.59 Å². The predicted octanol–water partition coefficient (Wildman–Crippen LogP) is 3.28. The van der Waals surface area contributed by atoms with Gasteiger partial charge in [-0.1, -0.05) is 24.3 Å². The Morgan fingerprint density at radius 1 is 1.14 bits per heavy atom. The summed E-state index contributed by atoms with van der Waals surface area (Å²) in [7, 11) is 2.97. The first-order valence-electron chi connectivity index (χ1n) is 8.17. The summed E-state index contributed by atoms with van der Waals surface area (Å²) >= 11 is 1.15. The van der Waals surface area contributed by atoms with E-state index in [9.17, 15) is 19.5 Å². The molecule has 0 bridgehead atoms. The molecule has 0 spiro atoms. The first kappa shape index (κ1) is 19.4. The van der Waals surface area contributed by atoms with Gasteiger partial charge in [0, 0.05) is 7.05 Å². The Morgan fingerprint density at radius 2 is 1.82 bits per heavy atom. The van der Waals surface area contributed by atoms with Crippen LogP contribution in [0, 0.1) is 0 Å². The molecular weight excluding hydrogens is 380 g/mol. The Balaban J connectivity index is 1.81. The van der Waals surface area contributed by atoms with Gasteiger partial charge in [0.1, 0.15) is 0 Å². The number of carboxylic acids is 1. The van der Waals surface area contributed by atoms with Crippen LogP contribution in [0.15, 0.2) is 58.4 Å². The van der Waals surface area contributed by atoms with E-state index in [1.807, 2.05) is 0 Å². The molecule has 142 valence electrons. The molecule has 1 heterocycles. The smallest absolute Gasteiger partial charge is 0.337 e. The number of ether oxygens (including phenoxy) is 1. The first-order chi connectivity index (χ1) is 13.4. The molecule has 1 N–H and O–H groups in total. The number of carbonyl (C=O) groups is 3. The third-order valence-electron chi connectivity index (χ3n) is 4.02. The Morgan fingerprint density at radius 3 is 2.46 bits per heavy atom. The number of nitrogens with zero attached hydrogens (tertiary/aromatic N) is 2. The van der Waals surface area contributed by atoms with E-state index < -0.39 is 17.8 Å². The molecule has 1 aliphatic rings. The largest absolute Gasteiger partial charge is 0.478 e. The zero-order valence-corrected chi connectivity index (χ0v) is 15.9. The minimum Gasteiger partial charge on any atom is -0.478 e. The van der Waals surface area contributed by atoms with Crippen molar-refractivity contribution in [3.8, 4) is 0 Å². The summed E-state index contributed by atoms with van der Waals surface area (Å²) in [5.41, 5.74) is 1.71. The topological polar surface area (TPSA) is 96.3 Å². The molecule has 7 nitrogen and oxygen atoms in total. The lowest BCUT2D eigenvalue weighted by molar-refractivity contribution is -0.113. The van der Waals surface area contributed by atoms with Crippen LogP contribution in [-0.2, 0) is 9.53 Å². The van der Waals surface area contributed by atoms with E-state index in [4.69, 9.17) is 0 Å². The van der Waals surface area contributed by atoms with Gasteiger partial charge in [-0.05, 0) is 47.7 Å². The quantitative estimate of drug-likeness (QED) is 0.626. The van der Waals surface area contributed by atoms with Crippen LogP contribution in [-0.4, -0.2) is 42.3 Å². The normalized spacial score (nSPS) is 14.7. The number of amidine groups is 1. The van der Waals surface area contributed by atoms with Crippen LogP contribution in [0.4, 0.5) is 5.69 Å². The number of esters is 1. The molecular formula is C20H16N2O5S. The molecule has 0 aromatic heterocycles. The Labute approximate surface area is 165 Å². The molecule has 3 rings (SSSR count). The molecule has 2 aromatic carbocycles. The van der Waals surface area contributed by atoms with Gasteiger partial charge in [-0.15, -0.1) is 0 Å². The lowest BCUT2D eigenvalue weighted by Crippen LogP contribution is -2.24. The molecule has 0 fully saturated rings. The number of carbonyl (C=O) groups excluding carboxylic acids is 2. The molecule has 2 aromatic rings. The van der Waals surface area contributed by atoms with Crippen LogP contribution in [0.3, 0.4) is 0 Å². The zero-order valence-electron chi connectivity index (χ0n) is 15.1. The van der Waals surface area contributed by atoms with E-state index in [-0.39, 0.29) is 5.56 Å². The van der Waals surface area contributed by atoms with E-state index in [2.05, 4.69) is 9.73 Å². The summed E-state index contributed by atoms with van der Waals surface area (Å²) in [6.45, 7) is 0. The van der Waals surface area contributed by atoms with Gasteiger partial charge in [-0.2, -0.15) is 4.99 Å². The fraction of sp³-hybridized carbons (Fsp3) is 0.100. The molecule has 8 heteroatoms. The summed E-state index contributed by atoms with van der Waals surface area (Å²) < 4.78 is 4.66. The van der Waals surface area contributed by atoms with Gasteiger partial charge in [0.15, 0.2) is 5.17 Å². The molecule has 0 saturated heterocycles. The highest BCUT2D eigenvalue weighted by Gasteiger charge is 2.27. The van der Waals surface area contributed by atoms with Crippen molar-refractivity contribution in [1.82, 2.24) is 0 Å². The van der Waals surface area contributed by atoms with Gasteiger partial charge in [-0.3, -0.25) is 4.79 Å². The highest BCUT2D eigenvalue weighted by molar-refractivity contribution is 8.18. The van der Waals surface area contributed by atoms with Crippen molar-refractivity contribution in [2.24, 2.45) is 4.99 Å². The number of aliphatic imine (C=N–C) groups is 1. The zero-order chi connectivity index (χ0) is 20.3. The van der Waals surface area contributed by atoms with Gasteiger partial charge in [0.05, 0.1) is 28.8 Å². The van der Waals surface area contributed by atoms with Crippen LogP contribution < -0.4 is 4.90 Å². The Kier molecular flexibility index (Phi) is 5.60. The van der Waals surface area contributed by atoms with Crippen molar-refractivity contribution in [2.45, 2.75) is 0 Å². The molecule has 1 aliphatic heterocycles. The average Bonchev–Trinajstić information content (AvgIpc) is 3.07. The third-order valence-corrected chi connectivity index (χ3v) is 5.08. The van der Waals surface area contributed by atoms with E-state index in [1.54, 1.807) is 60.5 Å². The predicted molar refractivity (Wildman–Crippen MR) is 108 cm³/mol. The van der Waals surface area contributed by atoms with Crippen molar-refractivity contribution in [2.75, 3.05) is 19.1 Å². The molecule has 0 aliphatic carbocycles. The number of methoxy groups -OCH3 is 1. The van der Waals surface area contributed by atoms with Crippen LogP contribution >= 0.6 is 11.8 Å². The van der Waals surface area contributed by atoms with Gasteiger partial charge >= 0.3 is 11.9 Å². The Hall–Kier alpha value is -3.39. The summed E-state index contributed by atoms with van der Waals surface area (Å²) in [5, 5.41) is 9.74. The van der Waals surface area contributed by atoms with Crippen LogP contribution in [0.5, 0.6) is 0 Å². The Bertz CT molecular complexity index is 1010. The van der Waals surface area contributed by atoms with Crippen molar-refractivity contribution in [3.05, 3.63) is 70.1 Å². The number of carboxylic acid groups (broad SMARTS) is 1. The average molecular weight is 396 g/mol. The number of para-hydroxylation sites is 1. The van der Waals surface area contributed by atoms with Gasteiger partial charge in [0.2, 0.25) is 0 Å². The highest BCUT2D eigenvalue weighted by atomic mass is 32.2. The molecule has 0 radical (unpaired) electrons. The third kappa shape index (κ3) is 3.96.